The summed E-state index contributed by atoms with van der Waals surface area (Å²) in [6.07, 6.45) is 5.04. The van der Waals surface area contributed by atoms with E-state index >= 15 is 0 Å². The average molecular weight is 200 g/mol. The first kappa shape index (κ1) is 13.9. The van der Waals surface area contributed by atoms with Gasteiger partial charge in [-0.05, 0) is 25.9 Å². The second kappa shape index (κ2) is 8.25. The molecule has 0 aliphatic rings. The Hall–Kier alpha value is -0.0800. The molecule has 0 aromatic carbocycles. The lowest BCUT2D eigenvalue weighted by molar-refractivity contribution is 0.170. The summed E-state index contributed by atoms with van der Waals surface area (Å²) in [5, 5.41) is 0. The molecule has 0 heterocycles. The minimum absolute atomic E-state index is 0.580. The van der Waals surface area contributed by atoms with E-state index in [9.17, 15) is 0 Å². The highest BCUT2D eigenvalue weighted by atomic mass is 15.1. The molecule has 0 aliphatic heterocycles. The Balaban J connectivity index is 4.07. The lowest BCUT2D eigenvalue weighted by Gasteiger charge is -2.33. The van der Waals surface area contributed by atoms with Crippen LogP contribution in [0.1, 0.15) is 46.5 Å². The van der Waals surface area contributed by atoms with Crippen LogP contribution in [-0.4, -0.2) is 31.1 Å². The van der Waals surface area contributed by atoms with Crippen LogP contribution in [0, 0.1) is 5.92 Å². The number of nitrogens with two attached hydrogens (primary N) is 1. The van der Waals surface area contributed by atoms with Gasteiger partial charge < -0.3 is 10.6 Å². The summed E-state index contributed by atoms with van der Waals surface area (Å²) in [7, 11) is 2.21. The first-order valence-electron chi connectivity index (χ1n) is 6.11. The summed E-state index contributed by atoms with van der Waals surface area (Å²) in [6.45, 7) is 8.76. The van der Waals surface area contributed by atoms with Crippen LogP contribution in [0.5, 0.6) is 0 Å². The predicted octanol–water partition coefficient (Wildman–Crippen LogP) is 2.48. The van der Waals surface area contributed by atoms with E-state index in [1.807, 2.05) is 0 Å². The highest BCUT2D eigenvalue weighted by molar-refractivity contribution is 4.76. The molecule has 0 rings (SSSR count). The lowest BCUT2D eigenvalue weighted by atomic mass is 9.93. The minimum atomic E-state index is 0.580. The van der Waals surface area contributed by atoms with Crippen LogP contribution in [0.4, 0.5) is 0 Å². The monoisotopic (exact) mass is 200 g/mol. The van der Waals surface area contributed by atoms with Gasteiger partial charge in [-0.1, -0.05) is 40.0 Å². The molecule has 2 N–H and O–H groups in total. The summed E-state index contributed by atoms with van der Waals surface area (Å²) in [4.78, 5) is 2.45. The van der Waals surface area contributed by atoms with E-state index in [2.05, 4.69) is 32.7 Å². The van der Waals surface area contributed by atoms with Gasteiger partial charge in [0.2, 0.25) is 0 Å². The topological polar surface area (TPSA) is 29.3 Å². The fourth-order valence-electron chi connectivity index (χ4n) is 2.14. The molecule has 2 nitrogen and oxygen atoms in total. The maximum Gasteiger partial charge on any atom is 0.0243 e. The summed E-state index contributed by atoms with van der Waals surface area (Å²) in [6, 6.07) is 0.580. The minimum Gasteiger partial charge on any atom is -0.329 e. The molecule has 0 amide bonds. The van der Waals surface area contributed by atoms with Crippen molar-refractivity contribution in [3.8, 4) is 0 Å². The standard InChI is InChI=1S/C12H28N2/c1-5-8-9-14(4)12(10-13)11(6-2)7-3/h11-12H,5-10,13H2,1-4H3. The molecular weight excluding hydrogens is 172 g/mol. The van der Waals surface area contributed by atoms with Gasteiger partial charge in [0.1, 0.15) is 0 Å². The number of likely N-dealkylation sites (N-methyl/N-ethyl adjacent to an activating group) is 1. The van der Waals surface area contributed by atoms with Gasteiger partial charge in [0, 0.05) is 12.6 Å². The molecule has 86 valence electrons. The molecule has 1 unspecified atom stereocenters. The average Bonchev–Trinajstić information content (AvgIpc) is 2.22. The zero-order chi connectivity index (χ0) is 11.0. The van der Waals surface area contributed by atoms with E-state index in [1.165, 1.54) is 32.2 Å². The van der Waals surface area contributed by atoms with Crippen LogP contribution < -0.4 is 5.73 Å². The summed E-state index contributed by atoms with van der Waals surface area (Å²) in [5.41, 5.74) is 5.86. The zero-order valence-corrected chi connectivity index (χ0v) is 10.4. The second-order valence-electron chi connectivity index (χ2n) is 4.21. The smallest absolute Gasteiger partial charge is 0.0243 e. The van der Waals surface area contributed by atoms with Crippen LogP contribution in [0.15, 0.2) is 0 Å². The van der Waals surface area contributed by atoms with Crippen molar-refractivity contribution in [1.29, 1.82) is 0 Å². The van der Waals surface area contributed by atoms with Gasteiger partial charge in [0.05, 0.1) is 0 Å². The molecule has 0 saturated heterocycles. The Bertz CT molecular complexity index is 121. The Kier molecular flexibility index (Phi) is 8.20. The molecule has 0 saturated carbocycles. The van der Waals surface area contributed by atoms with Gasteiger partial charge in [-0.25, -0.2) is 0 Å². The van der Waals surface area contributed by atoms with Crippen LogP contribution in [0.3, 0.4) is 0 Å². The zero-order valence-electron chi connectivity index (χ0n) is 10.4. The van der Waals surface area contributed by atoms with E-state index in [0.29, 0.717) is 6.04 Å². The molecule has 1 atom stereocenters. The summed E-state index contributed by atoms with van der Waals surface area (Å²) in [5.74, 6) is 0.766. The molecule has 2 heteroatoms. The third-order valence-electron chi connectivity index (χ3n) is 3.26. The van der Waals surface area contributed by atoms with Crippen molar-refractivity contribution in [3.05, 3.63) is 0 Å². The van der Waals surface area contributed by atoms with Crippen LogP contribution in [-0.2, 0) is 0 Å². The van der Waals surface area contributed by atoms with Crippen molar-refractivity contribution in [3.63, 3.8) is 0 Å². The van der Waals surface area contributed by atoms with Crippen LogP contribution in [0.2, 0.25) is 0 Å². The first-order valence-corrected chi connectivity index (χ1v) is 6.11. The summed E-state index contributed by atoms with van der Waals surface area (Å²) < 4.78 is 0. The van der Waals surface area contributed by atoms with Gasteiger partial charge in [-0.2, -0.15) is 0 Å². The largest absolute Gasteiger partial charge is 0.329 e. The van der Waals surface area contributed by atoms with Crippen molar-refractivity contribution in [2.24, 2.45) is 11.7 Å². The van der Waals surface area contributed by atoms with Gasteiger partial charge in [-0.15, -0.1) is 0 Å². The molecule has 0 fully saturated rings. The van der Waals surface area contributed by atoms with Crippen LogP contribution >= 0.6 is 0 Å². The molecule has 0 radical (unpaired) electrons. The maximum atomic E-state index is 5.86. The van der Waals surface area contributed by atoms with E-state index < -0.39 is 0 Å². The van der Waals surface area contributed by atoms with E-state index in [1.54, 1.807) is 0 Å². The number of nitrogens with zero attached hydrogens (tertiary/aromatic N) is 1. The Morgan fingerprint density at radius 3 is 2.07 bits per heavy atom. The van der Waals surface area contributed by atoms with Gasteiger partial charge >= 0.3 is 0 Å². The van der Waals surface area contributed by atoms with Gasteiger partial charge in [0.25, 0.3) is 0 Å². The molecular formula is C12H28N2. The first-order chi connectivity index (χ1) is 6.71. The highest BCUT2D eigenvalue weighted by Crippen LogP contribution is 2.17. The number of hydrogen-bond acceptors (Lipinski definition) is 2. The normalized spacial score (nSPS) is 13.9. The van der Waals surface area contributed by atoms with Gasteiger partial charge in [-0.3, -0.25) is 0 Å². The lowest BCUT2D eigenvalue weighted by Crippen LogP contribution is -2.43. The number of unbranched alkanes of at least 4 members (excludes halogenated alkanes) is 1. The Labute approximate surface area is 89.9 Å². The Morgan fingerprint density at radius 1 is 1.14 bits per heavy atom. The SMILES string of the molecule is CCCCN(C)C(CN)C(CC)CC. The molecule has 0 spiro atoms. The van der Waals surface area contributed by atoms with E-state index in [0.717, 1.165) is 12.5 Å². The molecule has 14 heavy (non-hydrogen) atoms. The summed E-state index contributed by atoms with van der Waals surface area (Å²) >= 11 is 0. The maximum absolute atomic E-state index is 5.86. The Morgan fingerprint density at radius 2 is 1.71 bits per heavy atom. The molecule has 0 aliphatic carbocycles. The third-order valence-corrected chi connectivity index (χ3v) is 3.26. The second-order valence-corrected chi connectivity index (χ2v) is 4.21. The van der Waals surface area contributed by atoms with Crippen LogP contribution in [0.25, 0.3) is 0 Å². The fourth-order valence-corrected chi connectivity index (χ4v) is 2.14. The van der Waals surface area contributed by atoms with Gasteiger partial charge in [0.15, 0.2) is 0 Å². The van der Waals surface area contributed by atoms with Crippen molar-refractivity contribution in [1.82, 2.24) is 4.90 Å². The van der Waals surface area contributed by atoms with Crippen molar-refractivity contribution in [2.75, 3.05) is 20.1 Å². The fraction of sp³-hybridized carbons (Fsp3) is 1.00. The molecule has 0 aromatic heterocycles. The quantitative estimate of drug-likeness (QED) is 0.652. The van der Waals surface area contributed by atoms with E-state index in [-0.39, 0.29) is 0 Å². The van der Waals surface area contributed by atoms with Crippen molar-refractivity contribution < 1.29 is 0 Å². The predicted molar refractivity (Wildman–Crippen MR) is 64.5 cm³/mol. The van der Waals surface area contributed by atoms with Crippen molar-refractivity contribution >= 4 is 0 Å². The third kappa shape index (κ3) is 4.43. The number of rotatable bonds is 8. The van der Waals surface area contributed by atoms with Crippen molar-refractivity contribution in [2.45, 2.75) is 52.5 Å². The molecule has 0 aromatic rings. The molecule has 0 bridgehead atoms. The highest BCUT2D eigenvalue weighted by Gasteiger charge is 2.20. The number of hydrogen-bond donors (Lipinski definition) is 1. The van der Waals surface area contributed by atoms with E-state index in [4.69, 9.17) is 5.73 Å².